The molecule has 2 N–H and O–H groups in total. The number of hydrogen-bond acceptors (Lipinski definition) is 2. The average molecular weight is 314 g/mol. The number of nitrogens with zero attached hydrogens (tertiary/aromatic N) is 1. The molecule has 1 aromatic carbocycles. The highest BCUT2D eigenvalue weighted by molar-refractivity contribution is 6.31. The smallest absolute Gasteiger partial charge is 0.319 e. The van der Waals surface area contributed by atoms with E-state index in [0.717, 1.165) is 12.8 Å². The van der Waals surface area contributed by atoms with Crippen molar-refractivity contribution in [2.24, 2.45) is 5.92 Å². The number of carbonyl (C=O) groups is 1. The lowest BCUT2D eigenvalue weighted by Crippen LogP contribution is -2.39. The van der Waals surface area contributed by atoms with Gasteiger partial charge >= 0.3 is 6.03 Å². The first kappa shape index (κ1) is 15.5. The van der Waals surface area contributed by atoms with Gasteiger partial charge in [-0.3, -0.25) is 0 Å². The summed E-state index contributed by atoms with van der Waals surface area (Å²) in [4.78, 5) is 11.6. The molecule has 0 bridgehead atoms. The number of amides is 2. The molecule has 0 aliphatic heterocycles. The molecular formula is C14H14ClF2N3O. The number of urea groups is 1. The molecule has 0 heterocycles. The Balaban J connectivity index is 1.86. The molecule has 0 atom stereocenters. The van der Waals surface area contributed by atoms with Gasteiger partial charge in [-0.25, -0.2) is 13.6 Å². The lowest BCUT2D eigenvalue weighted by atomic mass is 10.1. The Labute approximate surface area is 126 Å². The van der Waals surface area contributed by atoms with Gasteiger partial charge in [0.2, 0.25) is 0 Å². The highest BCUT2D eigenvalue weighted by atomic mass is 35.5. The number of rotatable bonds is 5. The number of alkyl halides is 2. The average Bonchev–Trinajstić information content (AvgIpc) is 3.19. The quantitative estimate of drug-likeness (QED) is 0.869. The molecule has 1 aromatic rings. The molecule has 7 heteroatoms. The van der Waals surface area contributed by atoms with Crippen LogP contribution in [0, 0.1) is 17.2 Å². The number of hydrogen-bond donors (Lipinski definition) is 2. The molecule has 1 saturated carbocycles. The van der Waals surface area contributed by atoms with E-state index < -0.39 is 18.5 Å². The number of benzene rings is 1. The van der Waals surface area contributed by atoms with Gasteiger partial charge in [-0.15, -0.1) is 0 Å². The maximum Gasteiger partial charge on any atom is 0.319 e. The van der Waals surface area contributed by atoms with Crippen molar-refractivity contribution in [1.29, 1.82) is 5.26 Å². The fourth-order valence-electron chi connectivity index (χ4n) is 1.93. The summed E-state index contributed by atoms with van der Waals surface area (Å²) in [5.74, 6) is -2.82. The molecular weight excluding hydrogens is 300 g/mol. The van der Waals surface area contributed by atoms with E-state index in [1.54, 1.807) is 0 Å². The summed E-state index contributed by atoms with van der Waals surface area (Å²) in [5, 5.41) is 13.6. The van der Waals surface area contributed by atoms with Crippen molar-refractivity contribution < 1.29 is 13.6 Å². The Morgan fingerprint density at radius 2 is 2.14 bits per heavy atom. The van der Waals surface area contributed by atoms with E-state index in [1.807, 2.05) is 6.07 Å². The van der Waals surface area contributed by atoms with Gasteiger partial charge in [0, 0.05) is 17.1 Å². The zero-order chi connectivity index (χ0) is 15.5. The minimum absolute atomic E-state index is 0.0796. The van der Waals surface area contributed by atoms with Gasteiger partial charge in [0.1, 0.15) is 0 Å². The standard InChI is InChI=1S/C14H14ClF2N3O/c15-11-3-10(7-18)4-12(5-11)20-13(21)19-8-14(16,17)6-9-1-2-9/h3-5,9H,1-2,6,8H2,(H2,19,20,21). The van der Waals surface area contributed by atoms with Crippen LogP contribution in [0.5, 0.6) is 0 Å². The normalized spacial score (nSPS) is 14.4. The minimum Gasteiger partial charge on any atom is -0.332 e. The molecule has 112 valence electrons. The molecule has 0 saturated heterocycles. The maximum absolute atomic E-state index is 13.5. The lowest BCUT2D eigenvalue weighted by molar-refractivity contribution is -0.00884. The van der Waals surface area contributed by atoms with Gasteiger partial charge in [-0.1, -0.05) is 11.6 Å². The highest BCUT2D eigenvalue weighted by Gasteiger charge is 2.37. The highest BCUT2D eigenvalue weighted by Crippen LogP contribution is 2.38. The minimum atomic E-state index is -2.90. The van der Waals surface area contributed by atoms with Crippen molar-refractivity contribution in [1.82, 2.24) is 5.32 Å². The molecule has 2 rings (SSSR count). The van der Waals surface area contributed by atoms with Crippen LogP contribution < -0.4 is 10.6 Å². The van der Waals surface area contributed by atoms with Crippen molar-refractivity contribution in [2.45, 2.75) is 25.2 Å². The monoisotopic (exact) mass is 313 g/mol. The van der Waals surface area contributed by atoms with Gasteiger partial charge in [0.05, 0.1) is 18.2 Å². The molecule has 0 aromatic heterocycles. The number of nitrogens with one attached hydrogen (secondary N) is 2. The fourth-order valence-corrected chi connectivity index (χ4v) is 2.16. The van der Waals surface area contributed by atoms with E-state index in [9.17, 15) is 13.6 Å². The van der Waals surface area contributed by atoms with E-state index in [2.05, 4.69) is 10.6 Å². The van der Waals surface area contributed by atoms with Crippen LogP contribution >= 0.6 is 11.6 Å². The molecule has 1 aliphatic carbocycles. The third kappa shape index (κ3) is 5.20. The maximum atomic E-state index is 13.5. The van der Waals surface area contributed by atoms with Crippen molar-refractivity contribution in [3.63, 3.8) is 0 Å². The lowest BCUT2D eigenvalue weighted by Gasteiger charge is -2.17. The summed E-state index contributed by atoms with van der Waals surface area (Å²) < 4.78 is 27.0. The van der Waals surface area contributed by atoms with Gasteiger partial charge in [0.25, 0.3) is 5.92 Å². The van der Waals surface area contributed by atoms with Crippen LogP contribution in [-0.2, 0) is 0 Å². The van der Waals surface area contributed by atoms with Crippen molar-refractivity contribution in [3.05, 3.63) is 28.8 Å². The molecule has 4 nitrogen and oxygen atoms in total. The van der Waals surface area contributed by atoms with Gasteiger partial charge < -0.3 is 10.6 Å². The fraction of sp³-hybridized carbons (Fsp3) is 0.429. The SMILES string of the molecule is N#Cc1cc(Cl)cc(NC(=O)NCC(F)(F)CC2CC2)c1. The van der Waals surface area contributed by atoms with Gasteiger partial charge in [0.15, 0.2) is 0 Å². The Morgan fingerprint density at radius 3 is 2.76 bits per heavy atom. The third-order valence-corrected chi connectivity index (χ3v) is 3.29. The first-order chi connectivity index (χ1) is 9.88. The Bertz CT molecular complexity index is 582. The Kier molecular flexibility index (Phi) is 4.63. The summed E-state index contributed by atoms with van der Waals surface area (Å²) in [5.41, 5.74) is 0.555. The molecule has 0 radical (unpaired) electrons. The van der Waals surface area contributed by atoms with Crippen molar-refractivity contribution >= 4 is 23.3 Å². The third-order valence-electron chi connectivity index (χ3n) is 3.08. The molecule has 1 aliphatic rings. The second kappa shape index (κ2) is 6.27. The molecule has 0 spiro atoms. The van der Waals surface area contributed by atoms with E-state index >= 15 is 0 Å². The largest absolute Gasteiger partial charge is 0.332 e. The van der Waals surface area contributed by atoms with Gasteiger partial charge in [-0.2, -0.15) is 5.26 Å². The topological polar surface area (TPSA) is 64.9 Å². The first-order valence-electron chi connectivity index (χ1n) is 6.51. The van der Waals surface area contributed by atoms with Crippen LogP contribution in [0.25, 0.3) is 0 Å². The van der Waals surface area contributed by atoms with Crippen LogP contribution in [0.15, 0.2) is 18.2 Å². The van der Waals surface area contributed by atoms with Crippen LogP contribution in [0.1, 0.15) is 24.8 Å². The van der Waals surface area contributed by atoms with Crippen LogP contribution in [0.3, 0.4) is 0 Å². The van der Waals surface area contributed by atoms with E-state index in [-0.39, 0.29) is 28.6 Å². The van der Waals surface area contributed by atoms with Crippen molar-refractivity contribution in [2.75, 3.05) is 11.9 Å². The number of nitriles is 1. The predicted molar refractivity (Wildman–Crippen MR) is 75.5 cm³/mol. The Morgan fingerprint density at radius 1 is 1.43 bits per heavy atom. The molecule has 0 unspecified atom stereocenters. The summed E-state index contributed by atoms with van der Waals surface area (Å²) >= 11 is 5.78. The second-order valence-corrected chi connectivity index (χ2v) is 5.59. The zero-order valence-corrected chi connectivity index (χ0v) is 11.9. The van der Waals surface area contributed by atoms with Crippen LogP contribution in [0.2, 0.25) is 5.02 Å². The molecule has 21 heavy (non-hydrogen) atoms. The summed E-state index contributed by atoms with van der Waals surface area (Å²) in [7, 11) is 0. The van der Waals surface area contributed by atoms with E-state index in [0.29, 0.717) is 0 Å². The molecule has 2 amide bonds. The predicted octanol–water partition coefficient (Wildman–Crippen LogP) is 3.77. The van der Waals surface area contributed by atoms with Gasteiger partial charge in [-0.05, 0) is 37.0 Å². The van der Waals surface area contributed by atoms with E-state index in [1.165, 1.54) is 18.2 Å². The zero-order valence-electron chi connectivity index (χ0n) is 11.1. The van der Waals surface area contributed by atoms with E-state index in [4.69, 9.17) is 16.9 Å². The van der Waals surface area contributed by atoms with Crippen LogP contribution in [-0.4, -0.2) is 18.5 Å². The van der Waals surface area contributed by atoms with Crippen molar-refractivity contribution in [3.8, 4) is 6.07 Å². The molecule has 1 fully saturated rings. The Hall–Kier alpha value is -1.87. The second-order valence-electron chi connectivity index (χ2n) is 5.15. The summed E-state index contributed by atoms with van der Waals surface area (Å²) in [6.07, 6.45) is 1.48. The summed E-state index contributed by atoms with van der Waals surface area (Å²) in [6, 6.07) is 5.42. The van der Waals surface area contributed by atoms with Crippen LogP contribution in [0.4, 0.5) is 19.3 Å². The first-order valence-corrected chi connectivity index (χ1v) is 6.89. The number of anilines is 1. The number of carbonyl (C=O) groups excluding carboxylic acids is 1. The summed E-state index contributed by atoms with van der Waals surface area (Å²) in [6.45, 7) is -0.707. The number of halogens is 3.